The number of ether oxygens (including phenoxy) is 1. The summed E-state index contributed by atoms with van der Waals surface area (Å²) in [7, 11) is -3.60. The molecule has 1 aromatic rings. The van der Waals surface area contributed by atoms with E-state index in [1.54, 1.807) is 13.0 Å². The molecule has 1 amide bonds. The quantitative estimate of drug-likeness (QED) is 0.835. The Labute approximate surface area is 150 Å². The Morgan fingerprint density at radius 3 is 2.40 bits per heavy atom. The van der Waals surface area contributed by atoms with E-state index < -0.39 is 10.0 Å². The van der Waals surface area contributed by atoms with Crippen molar-refractivity contribution in [3.05, 3.63) is 23.3 Å². The zero-order chi connectivity index (χ0) is 18.8. The van der Waals surface area contributed by atoms with Crippen molar-refractivity contribution < 1.29 is 17.9 Å². The molecule has 25 heavy (non-hydrogen) atoms. The van der Waals surface area contributed by atoms with E-state index in [0.717, 1.165) is 11.3 Å². The smallest absolute Gasteiger partial charge is 0.243 e. The van der Waals surface area contributed by atoms with Gasteiger partial charge in [-0.05, 0) is 55.9 Å². The average Bonchev–Trinajstić information content (AvgIpc) is 2.54. The molecule has 0 bridgehead atoms. The Balaban J connectivity index is 2.36. The summed E-state index contributed by atoms with van der Waals surface area (Å²) in [4.78, 5) is 11.6. The van der Waals surface area contributed by atoms with Crippen LogP contribution in [0.2, 0.25) is 0 Å². The molecule has 7 heteroatoms. The lowest BCUT2D eigenvalue weighted by molar-refractivity contribution is -0.122. The summed E-state index contributed by atoms with van der Waals surface area (Å²) in [6.07, 6.45) is 0.948. The predicted octanol–water partition coefficient (Wildman–Crippen LogP) is 2.40. The highest BCUT2D eigenvalue weighted by atomic mass is 32.2. The fraction of sp³-hybridized carbons (Fsp3) is 0.611. The van der Waals surface area contributed by atoms with Crippen LogP contribution in [0, 0.1) is 12.8 Å². The van der Waals surface area contributed by atoms with Crippen molar-refractivity contribution in [2.24, 2.45) is 11.7 Å². The normalized spacial score (nSPS) is 17.0. The van der Waals surface area contributed by atoms with Gasteiger partial charge in [-0.1, -0.05) is 13.8 Å². The Morgan fingerprint density at radius 1 is 1.32 bits per heavy atom. The van der Waals surface area contributed by atoms with Crippen LogP contribution in [0.15, 0.2) is 17.0 Å². The van der Waals surface area contributed by atoms with E-state index in [1.807, 2.05) is 26.8 Å². The Morgan fingerprint density at radius 2 is 1.92 bits per heavy atom. The lowest BCUT2D eigenvalue weighted by Crippen LogP contribution is -2.41. The average molecular weight is 368 g/mol. The summed E-state index contributed by atoms with van der Waals surface area (Å²) < 4.78 is 33.3. The van der Waals surface area contributed by atoms with Crippen molar-refractivity contribution in [2.75, 3.05) is 19.7 Å². The van der Waals surface area contributed by atoms with E-state index in [0.29, 0.717) is 43.0 Å². The van der Waals surface area contributed by atoms with Gasteiger partial charge in [-0.25, -0.2) is 8.42 Å². The molecule has 0 aromatic heterocycles. The zero-order valence-corrected chi connectivity index (χ0v) is 16.2. The third-order valence-electron chi connectivity index (χ3n) is 4.70. The number of sulfonamides is 1. The van der Waals surface area contributed by atoms with Crippen molar-refractivity contribution in [2.45, 2.75) is 51.3 Å². The Bertz CT molecular complexity index is 736. The maximum atomic E-state index is 13.1. The molecule has 1 fully saturated rings. The van der Waals surface area contributed by atoms with Gasteiger partial charge in [0.2, 0.25) is 15.9 Å². The third kappa shape index (κ3) is 4.15. The first-order valence-corrected chi connectivity index (χ1v) is 10.2. The minimum atomic E-state index is -3.60. The van der Waals surface area contributed by atoms with E-state index in [4.69, 9.17) is 10.5 Å². The number of carbonyl (C=O) groups excluding carboxylic acids is 1. The van der Waals surface area contributed by atoms with Gasteiger partial charge >= 0.3 is 0 Å². The van der Waals surface area contributed by atoms with Gasteiger partial charge in [-0.15, -0.1) is 0 Å². The highest BCUT2D eigenvalue weighted by molar-refractivity contribution is 7.89. The molecule has 2 N–H and O–H groups in total. The van der Waals surface area contributed by atoms with Gasteiger partial charge in [0.1, 0.15) is 5.75 Å². The summed E-state index contributed by atoms with van der Waals surface area (Å²) in [6, 6.07) is 3.54. The van der Waals surface area contributed by atoms with Crippen LogP contribution in [0.3, 0.4) is 0 Å². The topological polar surface area (TPSA) is 89.7 Å². The molecule has 1 heterocycles. The van der Waals surface area contributed by atoms with Crippen molar-refractivity contribution >= 4 is 15.9 Å². The number of aryl methyl sites for hydroxylation is 1. The highest BCUT2D eigenvalue weighted by Gasteiger charge is 2.32. The van der Waals surface area contributed by atoms with Crippen LogP contribution in [0.4, 0.5) is 0 Å². The number of rotatable bonds is 6. The zero-order valence-electron chi connectivity index (χ0n) is 15.4. The van der Waals surface area contributed by atoms with Crippen molar-refractivity contribution in [3.63, 3.8) is 0 Å². The Hall–Kier alpha value is -1.60. The Kier molecular flexibility index (Phi) is 6.11. The molecule has 0 radical (unpaired) electrons. The molecule has 1 saturated heterocycles. The van der Waals surface area contributed by atoms with Crippen LogP contribution in [0.5, 0.6) is 5.75 Å². The summed E-state index contributed by atoms with van der Waals surface area (Å²) in [6.45, 7) is 8.90. The van der Waals surface area contributed by atoms with Gasteiger partial charge in [0.25, 0.3) is 0 Å². The highest BCUT2D eigenvalue weighted by Crippen LogP contribution is 2.34. The predicted molar refractivity (Wildman–Crippen MR) is 97.1 cm³/mol. The molecule has 1 aromatic carbocycles. The number of nitrogens with zero attached hydrogens (tertiary/aromatic N) is 1. The molecule has 6 nitrogen and oxygen atoms in total. The molecule has 2 rings (SSSR count). The number of amides is 1. The summed E-state index contributed by atoms with van der Waals surface area (Å²) in [5.41, 5.74) is 6.89. The van der Waals surface area contributed by atoms with Gasteiger partial charge in [0.05, 0.1) is 11.5 Å². The number of primary amides is 1. The first kappa shape index (κ1) is 19.7. The molecule has 1 aliphatic heterocycles. The summed E-state index contributed by atoms with van der Waals surface area (Å²) in [5, 5.41) is 0. The number of nitrogens with two attached hydrogens (primary N) is 1. The lowest BCUT2D eigenvalue weighted by atomic mass is 9.98. The van der Waals surface area contributed by atoms with Crippen molar-refractivity contribution in [1.82, 2.24) is 4.31 Å². The fourth-order valence-electron chi connectivity index (χ4n) is 3.21. The molecule has 0 spiro atoms. The first-order chi connectivity index (χ1) is 11.7. The maximum absolute atomic E-state index is 13.1. The fourth-order valence-corrected chi connectivity index (χ4v) is 4.92. The molecular weight excluding hydrogens is 340 g/mol. The van der Waals surface area contributed by atoms with Crippen LogP contribution in [0.1, 0.15) is 50.7 Å². The maximum Gasteiger partial charge on any atom is 0.243 e. The van der Waals surface area contributed by atoms with Gasteiger partial charge in [-0.2, -0.15) is 4.31 Å². The minimum absolute atomic E-state index is 0.150. The van der Waals surface area contributed by atoms with Gasteiger partial charge < -0.3 is 10.5 Å². The summed E-state index contributed by atoms with van der Waals surface area (Å²) >= 11 is 0. The lowest BCUT2D eigenvalue weighted by Gasteiger charge is -2.30. The molecule has 0 saturated carbocycles. The van der Waals surface area contributed by atoms with Crippen LogP contribution in [-0.4, -0.2) is 38.3 Å². The molecule has 0 atom stereocenters. The van der Waals surface area contributed by atoms with E-state index in [1.165, 1.54) is 4.31 Å². The second-order valence-corrected chi connectivity index (χ2v) is 8.73. The van der Waals surface area contributed by atoms with Gasteiger partial charge in [0.15, 0.2) is 0 Å². The number of carbonyl (C=O) groups is 1. The molecule has 140 valence electrons. The number of piperidine rings is 1. The standard InChI is InChI=1S/C18H28N2O4S/c1-5-24-16-10-13(4)17(11-15(16)12(2)3)25(22,23)20-8-6-14(7-9-20)18(19)21/h10-12,14H,5-9H2,1-4H3,(H2,19,21). The SMILES string of the molecule is CCOc1cc(C)c(S(=O)(=O)N2CCC(C(N)=O)CC2)cc1C(C)C. The first-order valence-electron chi connectivity index (χ1n) is 8.75. The molecular formula is C18H28N2O4S. The van der Waals surface area contributed by atoms with E-state index >= 15 is 0 Å². The molecule has 0 unspecified atom stereocenters. The van der Waals surface area contributed by atoms with Crippen LogP contribution in [0.25, 0.3) is 0 Å². The number of hydrogen-bond acceptors (Lipinski definition) is 4. The second-order valence-electron chi connectivity index (χ2n) is 6.82. The number of hydrogen-bond donors (Lipinski definition) is 1. The minimum Gasteiger partial charge on any atom is -0.494 e. The van der Waals surface area contributed by atoms with E-state index in [9.17, 15) is 13.2 Å². The van der Waals surface area contributed by atoms with Gasteiger partial charge in [0, 0.05) is 19.0 Å². The third-order valence-corrected chi connectivity index (χ3v) is 6.74. The molecule has 0 aliphatic carbocycles. The van der Waals surface area contributed by atoms with E-state index in [2.05, 4.69) is 0 Å². The van der Waals surface area contributed by atoms with Gasteiger partial charge in [-0.3, -0.25) is 4.79 Å². The number of benzene rings is 1. The molecule has 1 aliphatic rings. The van der Waals surface area contributed by atoms with Crippen molar-refractivity contribution in [3.8, 4) is 5.75 Å². The van der Waals surface area contributed by atoms with Crippen molar-refractivity contribution in [1.29, 1.82) is 0 Å². The van der Waals surface area contributed by atoms with Crippen LogP contribution in [-0.2, 0) is 14.8 Å². The largest absolute Gasteiger partial charge is 0.494 e. The van der Waals surface area contributed by atoms with Crippen LogP contribution < -0.4 is 10.5 Å². The second kappa shape index (κ2) is 7.74. The summed E-state index contributed by atoms with van der Waals surface area (Å²) in [5.74, 6) is 0.300. The monoisotopic (exact) mass is 368 g/mol. The van der Waals surface area contributed by atoms with Crippen LogP contribution >= 0.6 is 0 Å². The van der Waals surface area contributed by atoms with E-state index in [-0.39, 0.29) is 17.7 Å².